The van der Waals surface area contributed by atoms with E-state index in [0.29, 0.717) is 11.8 Å². The van der Waals surface area contributed by atoms with Crippen LogP contribution in [0.15, 0.2) is 36.5 Å². The Labute approximate surface area is 122 Å². The first-order valence-electron chi connectivity index (χ1n) is 6.70. The molecule has 0 fully saturated rings. The van der Waals surface area contributed by atoms with Gasteiger partial charge in [-0.3, -0.25) is 4.98 Å². The predicted molar refractivity (Wildman–Crippen MR) is 81.3 cm³/mol. The van der Waals surface area contributed by atoms with E-state index in [9.17, 15) is 0 Å². The van der Waals surface area contributed by atoms with E-state index in [1.54, 1.807) is 13.3 Å². The second kappa shape index (κ2) is 5.70. The summed E-state index contributed by atoms with van der Waals surface area (Å²) in [5.41, 5.74) is 1.81. The lowest BCUT2D eigenvalue weighted by molar-refractivity contribution is 0.379. The molecule has 3 rings (SSSR count). The third-order valence-corrected chi connectivity index (χ3v) is 3.02. The van der Waals surface area contributed by atoms with Crippen LogP contribution in [0.5, 0.6) is 6.01 Å². The minimum atomic E-state index is 0.289. The first-order chi connectivity index (χ1) is 10.3. The van der Waals surface area contributed by atoms with Crippen LogP contribution in [0.4, 0.5) is 5.95 Å². The summed E-state index contributed by atoms with van der Waals surface area (Å²) in [5, 5.41) is 4.08. The number of aromatic nitrogens is 4. The van der Waals surface area contributed by atoms with Crippen molar-refractivity contribution in [1.82, 2.24) is 19.9 Å². The third kappa shape index (κ3) is 2.60. The molecule has 0 radical (unpaired) electrons. The van der Waals surface area contributed by atoms with Crippen LogP contribution in [0.1, 0.15) is 6.92 Å². The number of nitrogens with one attached hydrogen (secondary N) is 1. The molecule has 0 bridgehead atoms. The number of rotatable bonds is 4. The van der Waals surface area contributed by atoms with Crippen LogP contribution in [0.2, 0.25) is 0 Å². The lowest BCUT2D eigenvalue weighted by Gasteiger charge is -2.08. The molecule has 0 aliphatic rings. The lowest BCUT2D eigenvalue weighted by atomic mass is 10.1. The summed E-state index contributed by atoms with van der Waals surface area (Å²) in [6, 6.07) is 10.1. The Kier molecular flexibility index (Phi) is 3.59. The molecule has 1 N–H and O–H groups in total. The summed E-state index contributed by atoms with van der Waals surface area (Å²) in [6.07, 6.45) is 1.77. The molecule has 0 aliphatic heterocycles. The maximum Gasteiger partial charge on any atom is 0.321 e. The van der Waals surface area contributed by atoms with E-state index in [4.69, 9.17) is 4.74 Å². The second-order valence-electron chi connectivity index (χ2n) is 4.38. The number of hydrogen-bond donors (Lipinski definition) is 1. The van der Waals surface area contributed by atoms with Crippen molar-refractivity contribution in [2.45, 2.75) is 6.92 Å². The van der Waals surface area contributed by atoms with Crippen LogP contribution in [-0.2, 0) is 0 Å². The van der Waals surface area contributed by atoms with Gasteiger partial charge in [-0.1, -0.05) is 18.2 Å². The lowest BCUT2D eigenvalue weighted by Crippen LogP contribution is -2.06. The first kappa shape index (κ1) is 13.2. The topological polar surface area (TPSA) is 72.8 Å². The van der Waals surface area contributed by atoms with Gasteiger partial charge in [-0.2, -0.15) is 15.0 Å². The van der Waals surface area contributed by atoms with Gasteiger partial charge < -0.3 is 10.1 Å². The molecule has 6 nitrogen and oxygen atoms in total. The monoisotopic (exact) mass is 281 g/mol. The largest absolute Gasteiger partial charge is 0.467 e. The molecule has 0 atom stereocenters. The predicted octanol–water partition coefficient (Wildman–Crippen LogP) is 2.53. The number of methoxy groups -OCH3 is 1. The quantitative estimate of drug-likeness (QED) is 0.792. The normalized spacial score (nSPS) is 10.6. The zero-order valence-electron chi connectivity index (χ0n) is 11.9. The van der Waals surface area contributed by atoms with E-state index in [0.717, 1.165) is 23.0 Å². The van der Waals surface area contributed by atoms with Gasteiger partial charge in [0.05, 0.1) is 12.6 Å². The zero-order chi connectivity index (χ0) is 14.7. The van der Waals surface area contributed by atoms with Gasteiger partial charge in [-0.25, -0.2) is 0 Å². The molecule has 2 heterocycles. The molecule has 6 heteroatoms. The summed E-state index contributed by atoms with van der Waals surface area (Å²) in [5.74, 6) is 1.07. The van der Waals surface area contributed by atoms with Gasteiger partial charge in [0.1, 0.15) is 0 Å². The molecule has 0 spiro atoms. The van der Waals surface area contributed by atoms with Gasteiger partial charge in [-0.05, 0) is 19.1 Å². The minimum Gasteiger partial charge on any atom is -0.467 e. The summed E-state index contributed by atoms with van der Waals surface area (Å²) in [6.45, 7) is 2.71. The van der Waals surface area contributed by atoms with Gasteiger partial charge in [0.2, 0.25) is 5.95 Å². The number of anilines is 1. The van der Waals surface area contributed by atoms with Gasteiger partial charge >= 0.3 is 6.01 Å². The average Bonchev–Trinajstić information content (AvgIpc) is 2.54. The van der Waals surface area contributed by atoms with E-state index in [1.165, 1.54) is 0 Å². The molecule has 21 heavy (non-hydrogen) atoms. The van der Waals surface area contributed by atoms with Crippen LogP contribution in [0.3, 0.4) is 0 Å². The summed E-state index contributed by atoms with van der Waals surface area (Å²) in [7, 11) is 1.54. The minimum absolute atomic E-state index is 0.289. The standard InChI is InChI=1S/C15H15N5O/c1-3-16-14-18-13(19-15(20-14)21-2)11-6-4-8-12-10(11)7-5-9-17-12/h4-9H,3H2,1-2H3,(H,16,18,19,20). The first-order valence-corrected chi connectivity index (χ1v) is 6.70. The van der Waals surface area contributed by atoms with Crippen LogP contribution in [-0.4, -0.2) is 33.6 Å². The number of ether oxygens (including phenoxy) is 1. The molecule has 0 unspecified atom stereocenters. The van der Waals surface area contributed by atoms with Crippen LogP contribution in [0, 0.1) is 0 Å². The summed E-state index contributed by atoms with van der Waals surface area (Å²) >= 11 is 0. The highest BCUT2D eigenvalue weighted by atomic mass is 16.5. The fourth-order valence-electron chi connectivity index (χ4n) is 2.10. The Morgan fingerprint density at radius 2 is 2.00 bits per heavy atom. The molecular weight excluding hydrogens is 266 g/mol. The van der Waals surface area contributed by atoms with Gasteiger partial charge in [0.15, 0.2) is 5.82 Å². The summed E-state index contributed by atoms with van der Waals surface area (Å²) in [4.78, 5) is 17.3. The van der Waals surface area contributed by atoms with Gasteiger partial charge in [0, 0.05) is 23.7 Å². The van der Waals surface area contributed by atoms with Crippen molar-refractivity contribution in [3.63, 3.8) is 0 Å². The number of hydrogen-bond acceptors (Lipinski definition) is 6. The van der Waals surface area contributed by atoms with Crippen molar-refractivity contribution in [3.8, 4) is 17.4 Å². The number of nitrogens with zero attached hydrogens (tertiary/aromatic N) is 4. The van der Waals surface area contributed by atoms with Crippen LogP contribution < -0.4 is 10.1 Å². The fraction of sp³-hybridized carbons (Fsp3) is 0.200. The van der Waals surface area contributed by atoms with Crippen molar-refractivity contribution in [2.24, 2.45) is 0 Å². The molecule has 0 saturated carbocycles. The Morgan fingerprint density at radius 1 is 1.10 bits per heavy atom. The van der Waals surface area contributed by atoms with E-state index in [-0.39, 0.29) is 6.01 Å². The fourth-order valence-corrected chi connectivity index (χ4v) is 2.10. The molecule has 0 saturated heterocycles. The van der Waals surface area contributed by atoms with Crippen molar-refractivity contribution in [2.75, 3.05) is 19.0 Å². The summed E-state index contributed by atoms with van der Waals surface area (Å²) < 4.78 is 5.16. The van der Waals surface area contributed by atoms with Gasteiger partial charge in [0.25, 0.3) is 0 Å². The molecule has 106 valence electrons. The Bertz CT molecular complexity index is 770. The van der Waals surface area contributed by atoms with Crippen molar-refractivity contribution < 1.29 is 4.74 Å². The Balaban J connectivity index is 2.20. The highest BCUT2D eigenvalue weighted by molar-refractivity contribution is 5.92. The highest BCUT2D eigenvalue weighted by Crippen LogP contribution is 2.26. The van der Waals surface area contributed by atoms with E-state index in [2.05, 4.69) is 25.3 Å². The highest BCUT2D eigenvalue weighted by Gasteiger charge is 2.11. The van der Waals surface area contributed by atoms with E-state index >= 15 is 0 Å². The Morgan fingerprint density at radius 3 is 2.81 bits per heavy atom. The van der Waals surface area contributed by atoms with Crippen molar-refractivity contribution in [1.29, 1.82) is 0 Å². The molecule has 0 aliphatic carbocycles. The number of fused-ring (bicyclic) bond motifs is 1. The molecule has 1 aromatic carbocycles. The van der Waals surface area contributed by atoms with Crippen LogP contribution in [0.25, 0.3) is 22.3 Å². The average molecular weight is 281 g/mol. The molecule has 0 amide bonds. The third-order valence-electron chi connectivity index (χ3n) is 3.02. The number of benzene rings is 1. The molecule has 3 aromatic rings. The van der Waals surface area contributed by atoms with Crippen molar-refractivity contribution >= 4 is 16.9 Å². The molecule has 2 aromatic heterocycles. The Hall–Kier alpha value is -2.76. The van der Waals surface area contributed by atoms with E-state index in [1.807, 2.05) is 37.3 Å². The smallest absolute Gasteiger partial charge is 0.321 e. The zero-order valence-corrected chi connectivity index (χ0v) is 11.9. The number of pyridine rings is 1. The van der Waals surface area contributed by atoms with Gasteiger partial charge in [-0.15, -0.1) is 0 Å². The van der Waals surface area contributed by atoms with Crippen molar-refractivity contribution in [3.05, 3.63) is 36.5 Å². The second-order valence-corrected chi connectivity index (χ2v) is 4.38. The van der Waals surface area contributed by atoms with Crippen LogP contribution >= 0.6 is 0 Å². The SMILES string of the molecule is CCNc1nc(OC)nc(-c2cccc3ncccc23)n1. The molecular formula is C15H15N5O. The maximum atomic E-state index is 5.16. The maximum absolute atomic E-state index is 5.16. The van der Waals surface area contributed by atoms with E-state index < -0.39 is 0 Å².